The van der Waals surface area contributed by atoms with E-state index in [0.717, 1.165) is 18.8 Å². The van der Waals surface area contributed by atoms with Gasteiger partial charge >= 0.3 is 0 Å². The molecule has 1 saturated carbocycles. The second kappa shape index (κ2) is 7.02. The van der Waals surface area contributed by atoms with Crippen molar-refractivity contribution < 1.29 is 4.92 Å². The third kappa shape index (κ3) is 3.91. The van der Waals surface area contributed by atoms with Crippen molar-refractivity contribution in [2.45, 2.75) is 51.5 Å². The van der Waals surface area contributed by atoms with Gasteiger partial charge in [0.25, 0.3) is 5.69 Å². The number of nitro groups is 1. The lowest BCUT2D eigenvalue weighted by atomic mass is 9.83. The first-order valence-corrected chi connectivity index (χ1v) is 7.96. The third-order valence-electron chi connectivity index (χ3n) is 3.92. The molecule has 0 aromatic carbocycles. The first-order chi connectivity index (χ1) is 9.60. The number of pyridine rings is 1. The molecule has 0 radical (unpaired) electrons. The topological polar surface area (TPSA) is 68.1 Å². The summed E-state index contributed by atoms with van der Waals surface area (Å²) < 4.78 is 0.655. The lowest BCUT2D eigenvalue weighted by Crippen LogP contribution is -2.26. The van der Waals surface area contributed by atoms with Gasteiger partial charge in [-0.1, -0.05) is 19.8 Å². The monoisotopic (exact) mass is 341 g/mol. The summed E-state index contributed by atoms with van der Waals surface area (Å²) in [7, 11) is 0. The van der Waals surface area contributed by atoms with Crippen molar-refractivity contribution in [3.63, 3.8) is 0 Å². The quantitative estimate of drug-likeness (QED) is 0.631. The van der Waals surface area contributed by atoms with E-state index in [1.165, 1.54) is 37.9 Å². The summed E-state index contributed by atoms with van der Waals surface area (Å²) in [5.41, 5.74) is 0.00841. The van der Waals surface area contributed by atoms with Crippen LogP contribution in [0.3, 0.4) is 0 Å². The van der Waals surface area contributed by atoms with E-state index in [0.29, 0.717) is 16.3 Å². The minimum Gasteiger partial charge on any atom is -0.366 e. The predicted octanol–water partition coefficient (Wildman–Crippen LogP) is 4.52. The predicted molar refractivity (Wildman–Crippen MR) is 82.9 cm³/mol. The number of halogens is 1. The zero-order valence-electron chi connectivity index (χ0n) is 11.6. The van der Waals surface area contributed by atoms with Crippen LogP contribution in [0.5, 0.6) is 0 Å². The highest BCUT2D eigenvalue weighted by atomic mass is 79.9. The van der Waals surface area contributed by atoms with Gasteiger partial charge in [0.1, 0.15) is 12.0 Å². The van der Waals surface area contributed by atoms with Gasteiger partial charge in [0, 0.05) is 12.1 Å². The van der Waals surface area contributed by atoms with Gasteiger partial charge in [-0.3, -0.25) is 10.1 Å². The van der Waals surface area contributed by atoms with Gasteiger partial charge in [0.15, 0.2) is 0 Å². The van der Waals surface area contributed by atoms with Gasteiger partial charge < -0.3 is 5.32 Å². The minimum atomic E-state index is -0.433. The summed E-state index contributed by atoms with van der Waals surface area (Å²) in [5.74, 6) is 1.57. The highest BCUT2D eigenvalue weighted by molar-refractivity contribution is 9.10. The van der Waals surface area contributed by atoms with Crippen LogP contribution in [0.25, 0.3) is 0 Å². The Kier molecular flexibility index (Phi) is 5.34. The van der Waals surface area contributed by atoms with E-state index in [2.05, 4.69) is 33.2 Å². The van der Waals surface area contributed by atoms with Crippen LogP contribution in [0, 0.1) is 16.0 Å². The zero-order valence-corrected chi connectivity index (χ0v) is 13.2. The molecule has 0 spiro atoms. The first-order valence-electron chi connectivity index (χ1n) is 7.16. The number of nitrogens with zero attached hydrogens (tertiary/aromatic N) is 2. The highest BCUT2D eigenvalue weighted by Crippen LogP contribution is 2.31. The molecule has 0 unspecified atom stereocenters. The Morgan fingerprint density at radius 3 is 2.70 bits per heavy atom. The summed E-state index contributed by atoms with van der Waals surface area (Å²) in [4.78, 5) is 14.4. The molecular formula is C14H20BrN3O2. The molecule has 5 nitrogen and oxygen atoms in total. The Bertz CT molecular complexity index is 473. The third-order valence-corrected chi connectivity index (χ3v) is 4.53. The molecular weight excluding hydrogens is 322 g/mol. The second-order valence-electron chi connectivity index (χ2n) is 5.43. The number of aromatic nitrogens is 1. The molecule has 1 N–H and O–H groups in total. The molecule has 0 saturated heterocycles. The number of hydrogen-bond acceptors (Lipinski definition) is 4. The maximum atomic E-state index is 10.7. The number of nitrogens with one attached hydrogen (secondary N) is 1. The molecule has 6 heteroatoms. The van der Waals surface area contributed by atoms with E-state index in [4.69, 9.17) is 0 Å². The zero-order chi connectivity index (χ0) is 14.5. The molecule has 0 amide bonds. The van der Waals surface area contributed by atoms with E-state index in [9.17, 15) is 10.1 Å². The molecule has 1 aromatic rings. The Morgan fingerprint density at radius 1 is 1.45 bits per heavy atom. The van der Waals surface area contributed by atoms with E-state index in [1.54, 1.807) is 0 Å². The fourth-order valence-corrected chi connectivity index (χ4v) is 3.28. The summed E-state index contributed by atoms with van der Waals surface area (Å²) in [6.45, 7) is 2.24. The Hall–Kier alpha value is -1.17. The first kappa shape index (κ1) is 15.2. The van der Waals surface area contributed by atoms with E-state index in [1.807, 2.05) is 0 Å². The molecule has 1 aromatic heterocycles. The highest BCUT2D eigenvalue weighted by Gasteiger charge is 2.21. The van der Waals surface area contributed by atoms with Crippen LogP contribution < -0.4 is 5.32 Å². The van der Waals surface area contributed by atoms with Gasteiger partial charge in [0.05, 0.1) is 9.40 Å². The van der Waals surface area contributed by atoms with Crippen LogP contribution >= 0.6 is 15.9 Å². The van der Waals surface area contributed by atoms with Crippen LogP contribution in [0.4, 0.5) is 11.5 Å². The summed E-state index contributed by atoms with van der Waals surface area (Å²) in [6, 6.07) is 1.92. The van der Waals surface area contributed by atoms with E-state index in [-0.39, 0.29) is 5.69 Å². The van der Waals surface area contributed by atoms with Crippen molar-refractivity contribution in [3.8, 4) is 0 Å². The fraction of sp³-hybridized carbons (Fsp3) is 0.643. The van der Waals surface area contributed by atoms with Crippen molar-refractivity contribution in [1.29, 1.82) is 0 Å². The molecule has 1 heterocycles. The van der Waals surface area contributed by atoms with Crippen molar-refractivity contribution in [3.05, 3.63) is 26.9 Å². The average molecular weight is 342 g/mol. The van der Waals surface area contributed by atoms with Gasteiger partial charge in [-0.25, -0.2) is 4.98 Å². The fourth-order valence-electron chi connectivity index (χ4n) is 2.83. The lowest BCUT2D eigenvalue weighted by Gasteiger charge is -2.29. The standard InChI is InChI=1S/C14H20BrN3O2/c1-2-3-10-4-6-11(7-5-10)17-14-13(15)8-12(9-16-14)18(19)20/h8-11H,2-7H2,1H3,(H,16,17). The van der Waals surface area contributed by atoms with Crippen LogP contribution in [-0.4, -0.2) is 15.9 Å². The summed E-state index contributed by atoms with van der Waals surface area (Å²) in [6.07, 6.45) is 8.71. The van der Waals surface area contributed by atoms with Crippen LogP contribution in [0.2, 0.25) is 0 Å². The van der Waals surface area contributed by atoms with Crippen molar-refractivity contribution in [1.82, 2.24) is 4.98 Å². The maximum absolute atomic E-state index is 10.7. The molecule has 110 valence electrons. The minimum absolute atomic E-state index is 0.00841. The van der Waals surface area contributed by atoms with E-state index < -0.39 is 4.92 Å². The molecule has 1 aliphatic carbocycles. The van der Waals surface area contributed by atoms with Crippen molar-refractivity contribution in [2.24, 2.45) is 5.92 Å². The number of hydrogen-bond donors (Lipinski definition) is 1. The molecule has 0 aliphatic heterocycles. The normalized spacial score (nSPS) is 22.5. The summed E-state index contributed by atoms with van der Waals surface area (Å²) in [5, 5.41) is 14.1. The molecule has 1 fully saturated rings. The number of anilines is 1. The Labute approximate surface area is 127 Å². The van der Waals surface area contributed by atoms with Crippen LogP contribution in [-0.2, 0) is 0 Å². The van der Waals surface area contributed by atoms with Gasteiger partial charge in [-0.2, -0.15) is 0 Å². The maximum Gasteiger partial charge on any atom is 0.288 e. The van der Waals surface area contributed by atoms with Crippen LogP contribution in [0.1, 0.15) is 45.4 Å². The SMILES string of the molecule is CCCC1CCC(Nc2ncc([N+](=O)[O-])cc2Br)CC1. The lowest BCUT2D eigenvalue weighted by molar-refractivity contribution is -0.385. The van der Waals surface area contributed by atoms with Gasteiger partial charge in [-0.05, 0) is 47.5 Å². The molecule has 0 bridgehead atoms. The Balaban J connectivity index is 1.93. The Morgan fingerprint density at radius 2 is 2.15 bits per heavy atom. The van der Waals surface area contributed by atoms with Gasteiger partial charge in [0.2, 0.25) is 0 Å². The second-order valence-corrected chi connectivity index (χ2v) is 6.29. The number of rotatable bonds is 5. The molecule has 2 rings (SSSR count). The van der Waals surface area contributed by atoms with Crippen molar-refractivity contribution >= 4 is 27.4 Å². The summed E-state index contributed by atoms with van der Waals surface area (Å²) >= 11 is 3.35. The van der Waals surface area contributed by atoms with Crippen molar-refractivity contribution in [2.75, 3.05) is 5.32 Å². The molecule has 20 heavy (non-hydrogen) atoms. The van der Waals surface area contributed by atoms with Gasteiger partial charge in [-0.15, -0.1) is 0 Å². The molecule has 1 aliphatic rings. The van der Waals surface area contributed by atoms with E-state index >= 15 is 0 Å². The smallest absolute Gasteiger partial charge is 0.288 e. The van der Waals surface area contributed by atoms with Crippen LogP contribution in [0.15, 0.2) is 16.7 Å². The average Bonchev–Trinajstić information content (AvgIpc) is 2.43. The molecule has 0 atom stereocenters. The largest absolute Gasteiger partial charge is 0.366 e.